The minimum absolute atomic E-state index is 0.0531. The zero-order valence-corrected chi connectivity index (χ0v) is 43.0. The van der Waals surface area contributed by atoms with Crippen LogP contribution < -0.4 is 5.32 Å². The van der Waals surface area contributed by atoms with E-state index in [1.807, 2.05) is 6.08 Å². The maximum absolute atomic E-state index is 13.0. The number of ether oxygens (including phenoxy) is 3. The number of amides is 1. The lowest BCUT2D eigenvalue weighted by atomic mass is 9.99. The molecule has 1 fully saturated rings. The van der Waals surface area contributed by atoms with Crippen molar-refractivity contribution in [2.75, 3.05) is 19.8 Å². The van der Waals surface area contributed by atoms with Gasteiger partial charge in [-0.05, 0) is 109 Å². The number of aliphatic hydroxyl groups excluding tert-OH is 5. The maximum Gasteiger partial charge on any atom is 0.305 e. The molecule has 0 aromatic rings. The highest BCUT2D eigenvalue weighted by atomic mass is 16.7. The van der Waals surface area contributed by atoms with Crippen LogP contribution in [0, 0.1) is 0 Å². The number of aliphatic hydroxyl groups is 5. The highest BCUT2D eigenvalue weighted by Gasteiger charge is 2.44. The summed E-state index contributed by atoms with van der Waals surface area (Å²) >= 11 is 0. The van der Waals surface area contributed by atoms with E-state index in [0.717, 1.165) is 96.3 Å². The number of carbonyl (C=O) groups excluding carboxylic acids is 2. The molecule has 0 spiro atoms. The number of unbranched alkanes of at least 4 members (excludes halogenated alkanes) is 24. The molecule has 0 aromatic heterocycles. The molecule has 6 N–H and O–H groups in total. The lowest BCUT2D eigenvalue weighted by Crippen LogP contribution is -2.60. The number of allylic oxidation sites excluding steroid dienone is 9. The summed E-state index contributed by atoms with van der Waals surface area (Å²) in [6, 6.07) is -0.846. The molecule has 1 saturated heterocycles. The third kappa shape index (κ3) is 36.3. The van der Waals surface area contributed by atoms with Gasteiger partial charge in [-0.25, -0.2) is 0 Å². The summed E-state index contributed by atoms with van der Waals surface area (Å²) in [5, 5.41) is 54.1. The van der Waals surface area contributed by atoms with E-state index in [9.17, 15) is 35.1 Å². The van der Waals surface area contributed by atoms with Gasteiger partial charge in [0.2, 0.25) is 5.91 Å². The standard InChI is InChI=1S/C57H101NO10/c1-3-5-7-9-11-13-14-15-16-17-18-19-20-21-25-29-33-37-41-45-53(62)66-46-42-38-34-30-26-23-22-24-28-32-36-40-44-52(61)58-49(50(60)43-39-35-31-27-12-10-8-6-4-2)48-67-57-56(65)55(64)54(63)51(47-59)68-57/h11-13,15-16,23,26-27,39,43,49-51,54-57,59-60,63-65H,3-10,14,17-22,24-25,28-38,40-42,44-48H2,1-2H3,(H,58,61)/b13-11-,16-15-,26-23-,27-12+,43-39+. The Morgan fingerprint density at radius 2 is 1.00 bits per heavy atom. The van der Waals surface area contributed by atoms with Gasteiger partial charge in [-0.3, -0.25) is 9.59 Å². The third-order valence-electron chi connectivity index (χ3n) is 12.6. The van der Waals surface area contributed by atoms with Crippen molar-refractivity contribution in [3.63, 3.8) is 0 Å². The average molecular weight is 960 g/mol. The van der Waals surface area contributed by atoms with Crippen molar-refractivity contribution in [2.45, 2.75) is 269 Å². The van der Waals surface area contributed by atoms with E-state index >= 15 is 0 Å². The van der Waals surface area contributed by atoms with Gasteiger partial charge in [-0.2, -0.15) is 0 Å². The quantitative estimate of drug-likeness (QED) is 0.0196. The predicted octanol–water partition coefficient (Wildman–Crippen LogP) is 11.9. The zero-order chi connectivity index (χ0) is 49.6. The van der Waals surface area contributed by atoms with Crippen LogP contribution in [0.3, 0.4) is 0 Å². The van der Waals surface area contributed by atoms with Crippen LogP contribution in [0.25, 0.3) is 0 Å². The molecule has 0 aromatic carbocycles. The SMILES string of the molecule is CCCCC/C=C\C/C=C\CCCCCCCCCCCC(=O)OCCCCC/C=C\CCCCCCCC(=O)NC(COC1OC(CO)C(O)C(O)C1O)C(O)/C=C/CC/C=C/CCCCC. The Kier molecular flexibility index (Phi) is 43.5. The van der Waals surface area contributed by atoms with Crippen molar-refractivity contribution in [3.8, 4) is 0 Å². The van der Waals surface area contributed by atoms with E-state index in [1.54, 1.807) is 6.08 Å². The molecule has 1 heterocycles. The van der Waals surface area contributed by atoms with E-state index in [2.05, 4.69) is 67.8 Å². The van der Waals surface area contributed by atoms with Gasteiger partial charge in [-0.1, -0.05) is 164 Å². The summed E-state index contributed by atoms with van der Waals surface area (Å²) in [6.07, 6.45) is 48.9. The Morgan fingerprint density at radius 3 is 1.54 bits per heavy atom. The largest absolute Gasteiger partial charge is 0.466 e. The first kappa shape index (κ1) is 63.4. The molecule has 0 aliphatic carbocycles. The van der Waals surface area contributed by atoms with Crippen LogP contribution in [0.5, 0.6) is 0 Å². The smallest absolute Gasteiger partial charge is 0.305 e. The molecule has 1 aliphatic heterocycles. The van der Waals surface area contributed by atoms with E-state index in [-0.39, 0.29) is 18.5 Å². The number of esters is 1. The minimum Gasteiger partial charge on any atom is -0.466 e. The topological polar surface area (TPSA) is 175 Å². The van der Waals surface area contributed by atoms with Crippen LogP contribution in [0.4, 0.5) is 0 Å². The van der Waals surface area contributed by atoms with Gasteiger partial charge in [0.25, 0.3) is 0 Å². The Hall–Kier alpha value is -2.64. The zero-order valence-electron chi connectivity index (χ0n) is 43.0. The fraction of sp³-hybridized carbons (Fsp3) is 0.789. The normalized spacial score (nSPS) is 19.9. The minimum atomic E-state index is -1.59. The molecule has 0 radical (unpaired) electrons. The Bertz CT molecular complexity index is 1310. The lowest BCUT2D eigenvalue weighted by Gasteiger charge is -2.40. The Balaban J connectivity index is 2.10. The number of hydrogen-bond acceptors (Lipinski definition) is 10. The van der Waals surface area contributed by atoms with Crippen LogP contribution in [0.15, 0.2) is 60.8 Å². The van der Waals surface area contributed by atoms with Crippen LogP contribution >= 0.6 is 0 Å². The Morgan fingerprint density at radius 1 is 0.544 bits per heavy atom. The second kappa shape index (κ2) is 46.7. The van der Waals surface area contributed by atoms with Gasteiger partial charge >= 0.3 is 5.97 Å². The van der Waals surface area contributed by atoms with E-state index in [1.165, 1.54) is 96.3 Å². The molecule has 11 heteroatoms. The molecule has 7 atom stereocenters. The van der Waals surface area contributed by atoms with Crippen LogP contribution in [0.1, 0.15) is 226 Å². The lowest BCUT2D eigenvalue weighted by molar-refractivity contribution is -0.302. The summed E-state index contributed by atoms with van der Waals surface area (Å²) in [6.45, 7) is 4.15. The fourth-order valence-electron chi connectivity index (χ4n) is 8.12. The van der Waals surface area contributed by atoms with Gasteiger partial charge in [0.15, 0.2) is 6.29 Å². The van der Waals surface area contributed by atoms with Crippen molar-refractivity contribution in [1.29, 1.82) is 0 Å². The molecular formula is C57H101NO10. The monoisotopic (exact) mass is 960 g/mol. The molecule has 11 nitrogen and oxygen atoms in total. The number of hydrogen-bond donors (Lipinski definition) is 6. The van der Waals surface area contributed by atoms with Gasteiger partial charge in [0, 0.05) is 12.8 Å². The van der Waals surface area contributed by atoms with Crippen molar-refractivity contribution < 1.29 is 49.3 Å². The number of nitrogens with one attached hydrogen (secondary N) is 1. The van der Waals surface area contributed by atoms with E-state index in [4.69, 9.17) is 14.2 Å². The molecule has 0 saturated carbocycles. The third-order valence-corrected chi connectivity index (χ3v) is 12.6. The predicted molar refractivity (Wildman–Crippen MR) is 278 cm³/mol. The fourth-order valence-corrected chi connectivity index (χ4v) is 8.12. The van der Waals surface area contributed by atoms with Crippen molar-refractivity contribution in [2.24, 2.45) is 0 Å². The Labute approximate surface area is 414 Å². The van der Waals surface area contributed by atoms with Crippen LogP contribution in [-0.2, 0) is 23.8 Å². The highest BCUT2D eigenvalue weighted by molar-refractivity contribution is 5.76. The van der Waals surface area contributed by atoms with Crippen LogP contribution in [0.2, 0.25) is 0 Å². The second-order valence-corrected chi connectivity index (χ2v) is 18.9. The first-order valence-electron chi connectivity index (χ1n) is 27.6. The number of carbonyl (C=O) groups is 2. The summed E-state index contributed by atoms with van der Waals surface area (Å²) < 4.78 is 16.6. The summed E-state index contributed by atoms with van der Waals surface area (Å²) in [4.78, 5) is 25.1. The van der Waals surface area contributed by atoms with Gasteiger partial charge in [0.1, 0.15) is 24.4 Å². The number of rotatable bonds is 46. The molecule has 1 amide bonds. The molecular weight excluding hydrogens is 859 g/mol. The highest BCUT2D eigenvalue weighted by Crippen LogP contribution is 2.23. The molecule has 68 heavy (non-hydrogen) atoms. The molecule has 394 valence electrons. The van der Waals surface area contributed by atoms with Gasteiger partial charge in [0.05, 0.1) is 32.0 Å². The first-order chi connectivity index (χ1) is 33.2. The summed E-state index contributed by atoms with van der Waals surface area (Å²) in [7, 11) is 0. The summed E-state index contributed by atoms with van der Waals surface area (Å²) in [5.74, 6) is -0.276. The van der Waals surface area contributed by atoms with Gasteiger partial charge in [-0.15, -0.1) is 0 Å². The molecule has 1 aliphatic rings. The maximum atomic E-state index is 13.0. The van der Waals surface area contributed by atoms with Crippen molar-refractivity contribution >= 4 is 11.9 Å². The molecule has 7 unspecified atom stereocenters. The van der Waals surface area contributed by atoms with Crippen LogP contribution in [-0.4, -0.2) is 100 Å². The van der Waals surface area contributed by atoms with E-state index < -0.39 is 49.5 Å². The second-order valence-electron chi connectivity index (χ2n) is 18.9. The van der Waals surface area contributed by atoms with Crippen molar-refractivity contribution in [1.82, 2.24) is 5.32 Å². The average Bonchev–Trinajstić information content (AvgIpc) is 3.33. The first-order valence-corrected chi connectivity index (χ1v) is 27.6. The van der Waals surface area contributed by atoms with E-state index in [0.29, 0.717) is 25.9 Å². The van der Waals surface area contributed by atoms with Gasteiger partial charge < -0.3 is 45.1 Å². The van der Waals surface area contributed by atoms with Crippen molar-refractivity contribution in [3.05, 3.63) is 60.8 Å². The molecule has 0 bridgehead atoms. The summed E-state index contributed by atoms with van der Waals surface area (Å²) in [5.41, 5.74) is 0. The molecule has 1 rings (SSSR count).